The number of urea groups is 1. The van der Waals surface area contributed by atoms with Crippen LogP contribution in [-0.4, -0.2) is 66.3 Å². The summed E-state index contributed by atoms with van der Waals surface area (Å²) in [4.78, 5) is 34.3. The van der Waals surface area contributed by atoms with Crippen LogP contribution in [0.2, 0.25) is 0 Å². The molecule has 14 heteroatoms. The number of ether oxygens (including phenoxy) is 1. The maximum absolute atomic E-state index is 13.4. The highest BCUT2D eigenvalue weighted by molar-refractivity contribution is 5.90. The maximum Gasteiger partial charge on any atom is 0.416 e. The van der Waals surface area contributed by atoms with E-state index in [9.17, 15) is 35.9 Å². The Kier molecular flexibility index (Phi) is 9.46. The van der Waals surface area contributed by atoms with Crippen LogP contribution in [0, 0.1) is 0 Å². The highest BCUT2D eigenvalue weighted by atomic mass is 19.4. The third-order valence-electron chi connectivity index (χ3n) is 6.14. The molecule has 0 saturated heterocycles. The largest absolute Gasteiger partial charge is 0.416 e. The molecule has 1 atom stereocenters. The first kappa shape index (κ1) is 30.9. The molecule has 2 amide bonds. The molecule has 1 aromatic heterocycles. The van der Waals surface area contributed by atoms with Crippen LogP contribution in [0.4, 0.5) is 36.8 Å². The van der Waals surface area contributed by atoms with Crippen LogP contribution in [0.3, 0.4) is 0 Å². The van der Waals surface area contributed by atoms with Crippen LogP contribution >= 0.6 is 0 Å². The van der Waals surface area contributed by atoms with Crippen molar-refractivity contribution < 1.29 is 35.9 Å². The summed E-state index contributed by atoms with van der Waals surface area (Å²) in [5, 5.41) is 2.52. The van der Waals surface area contributed by atoms with Crippen LogP contribution in [0.1, 0.15) is 29.9 Å². The quantitative estimate of drug-likeness (QED) is 0.355. The number of nitrogens with one attached hydrogen (secondary N) is 1. The van der Waals surface area contributed by atoms with Crippen LogP contribution in [-0.2, 0) is 23.6 Å². The van der Waals surface area contributed by atoms with Crippen molar-refractivity contribution in [3.8, 4) is 0 Å². The van der Waals surface area contributed by atoms with E-state index in [0.717, 1.165) is 0 Å². The predicted octanol–water partition coefficient (Wildman–Crippen LogP) is 5.24. The number of amides is 2. The van der Waals surface area contributed by atoms with E-state index in [4.69, 9.17) is 4.74 Å². The first-order chi connectivity index (χ1) is 18.6. The number of benzene rings is 2. The molecular weight excluding hydrogens is 544 g/mol. The van der Waals surface area contributed by atoms with Gasteiger partial charge in [0.05, 0.1) is 41.2 Å². The van der Waals surface area contributed by atoms with Gasteiger partial charge in [-0.1, -0.05) is 12.1 Å². The Labute approximate surface area is 226 Å². The minimum Gasteiger partial charge on any atom is -0.383 e. The number of methoxy groups -OCH3 is 1. The molecule has 40 heavy (non-hydrogen) atoms. The number of anilines is 1. The number of para-hydroxylation sites is 1. The number of fused-ring (bicyclic) bond motifs is 1. The van der Waals surface area contributed by atoms with Crippen molar-refractivity contribution in [3.05, 3.63) is 69.8 Å². The van der Waals surface area contributed by atoms with E-state index >= 15 is 0 Å². The molecule has 2 aromatic carbocycles. The summed E-state index contributed by atoms with van der Waals surface area (Å²) in [6.45, 7) is 2.12. The number of carbonyl (C=O) groups is 1. The van der Waals surface area contributed by atoms with Crippen molar-refractivity contribution in [2.75, 3.05) is 46.2 Å². The minimum absolute atomic E-state index is 0.0120. The van der Waals surface area contributed by atoms with Gasteiger partial charge in [-0.25, -0.2) is 9.78 Å². The van der Waals surface area contributed by atoms with Crippen molar-refractivity contribution in [2.45, 2.75) is 31.9 Å². The second-order valence-corrected chi connectivity index (χ2v) is 9.33. The fourth-order valence-corrected chi connectivity index (χ4v) is 4.04. The van der Waals surface area contributed by atoms with Gasteiger partial charge in [0.2, 0.25) is 0 Å². The lowest BCUT2D eigenvalue weighted by molar-refractivity contribution is -0.143. The maximum atomic E-state index is 13.4. The van der Waals surface area contributed by atoms with Crippen molar-refractivity contribution in [3.63, 3.8) is 0 Å². The van der Waals surface area contributed by atoms with Crippen LogP contribution in [0.25, 0.3) is 10.9 Å². The minimum atomic E-state index is -5.08. The molecule has 0 aliphatic carbocycles. The van der Waals surface area contributed by atoms with E-state index < -0.39 is 41.2 Å². The zero-order chi connectivity index (χ0) is 29.8. The Morgan fingerprint density at radius 2 is 1.62 bits per heavy atom. The summed E-state index contributed by atoms with van der Waals surface area (Å²) in [6.07, 6.45) is -10.2. The fraction of sp³-hybridized carbons (Fsp3) is 0.423. The number of carbonyl (C=O) groups excluding carboxylic acids is 1. The Morgan fingerprint density at radius 1 is 1.02 bits per heavy atom. The van der Waals surface area contributed by atoms with Gasteiger partial charge in [-0.15, -0.1) is 0 Å². The average Bonchev–Trinajstić information content (AvgIpc) is 2.86. The molecular formula is C26H29F6N5O3. The molecule has 0 bridgehead atoms. The monoisotopic (exact) mass is 573 g/mol. The first-order valence-corrected chi connectivity index (χ1v) is 12.1. The number of rotatable bonds is 9. The molecule has 218 valence electrons. The van der Waals surface area contributed by atoms with Gasteiger partial charge in [0.25, 0.3) is 5.56 Å². The number of likely N-dealkylation sites (N-methyl/N-ethyl adjacent to an activating group) is 1. The standard InChI is InChI=1S/C26H29F6N5O3/c1-16(22-34-21-8-6-5-7-20(21)23(38)37(22)11-12-40-4)36(10-9-35(2)3)24(39)33-19-14-17(25(27,28)29)13-18(15-19)26(30,31)32/h5-8,13-16H,9-12H2,1-4H3,(H,33,39). The van der Waals surface area contributed by atoms with Crippen LogP contribution < -0.4 is 10.9 Å². The molecule has 0 saturated carbocycles. The topological polar surface area (TPSA) is 79.7 Å². The normalized spacial score (nSPS) is 13.1. The third-order valence-corrected chi connectivity index (χ3v) is 6.14. The summed E-state index contributed by atoms with van der Waals surface area (Å²) in [5.74, 6) is 0.176. The SMILES string of the molecule is COCCn1c(C(C)N(CCN(C)C)C(=O)Nc2cc(C(F)(F)F)cc(C(F)(F)F)c2)nc2ccccc2c1=O. The lowest BCUT2D eigenvalue weighted by Gasteiger charge is -2.31. The number of aromatic nitrogens is 2. The Morgan fingerprint density at radius 3 is 2.17 bits per heavy atom. The molecule has 3 rings (SSSR count). The van der Waals surface area contributed by atoms with Gasteiger partial charge in [-0.2, -0.15) is 26.3 Å². The molecule has 0 radical (unpaired) electrons. The van der Waals surface area contributed by atoms with Gasteiger partial charge in [0.1, 0.15) is 5.82 Å². The number of alkyl halides is 6. The number of hydrogen-bond acceptors (Lipinski definition) is 5. The highest BCUT2D eigenvalue weighted by Gasteiger charge is 2.37. The highest BCUT2D eigenvalue weighted by Crippen LogP contribution is 2.37. The molecule has 0 fully saturated rings. The molecule has 8 nitrogen and oxygen atoms in total. The van der Waals surface area contributed by atoms with Gasteiger partial charge in [0.15, 0.2) is 0 Å². The molecule has 0 spiro atoms. The molecule has 0 aliphatic rings. The fourth-order valence-electron chi connectivity index (χ4n) is 4.04. The summed E-state index contributed by atoms with van der Waals surface area (Å²) in [5.41, 5.74) is -3.82. The van der Waals surface area contributed by atoms with Crippen molar-refractivity contribution >= 4 is 22.6 Å². The van der Waals surface area contributed by atoms with Gasteiger partial charge < -0.3 is 19.9 Å². The van der Waals surface area contributed by atoms with Gasteiger partial charge in [-0.05, 0) is 51.4 Å². The van der Waals surface area contributed by atoms with Crippen molar-refractivity contribution in [1.29, 1.82) is 0 Å². The number of hydrogen-bond donors (Lipinski definition) is 1. The van der Waals surface area contributed by atoms with E-state index in [1.807, 2.05) is 0 Å². The molecule has 1 N–H and O–H groups in total. The Hall–Kier alpha value is -3.65. The average molecular weight is 574 g/mol. The predicted molar refractivity (Wildman–Crippen MR) is 137 cm³/mol. The Bertz CT molecular complexity index is 1370. The summed E-state index contributed by atoms with van der Waals surface area (Å²) in [7, 11) is 4.90. The summed E-state index contributed by atoms with van der Waals surface area (Å²) >= 11 is 0. The molecule has 3 aromatic rings. The van der Waals surface area contributed by atoms with Gasteiger partial charge in [0, 0.05) is 25.9 Å². The first-order valence-electron chi connectivity index (χ1n) is 12.1. The van der Waals surface area contributed by atoms with Crippen LogP contribution in [0.15, 0.2) is 47.3 Å². The van der Waals surface area contributed by atoms with Crippen molar-refractivity contribution in [2.24, 2.45) is 0 Å². The van der Waals surface area contributed by atoms with Gasteiger partial charge in [-0.3, -0.25) is 9.36 Å². The second kappa shape index (κ2) is 12.3. The molecule has 1 heterocycles. The summed E-state index contributed by atoms with van der Waals surface area (Å²) in [6, 6.07) is 5.56. The van der Waals surface area contributed by atoms with Crippen molar-refractivity contribution in [1.82, 2.24) is 19.4 Å². The van der Waals surface area contributed by atoms with E-state index in [0.29, 0.717) is 29.6 Å². The zero-order valence-electron chi connectivity index (χ0n) is 22.2. The molecule has 1 unspecified atom stereocenters. The number of nitrogens with zero attached hydrogens (tertiary/aromatic N) is 4. The lowest BCUT2D eigenvalue weighted by atomic mass is 10.1. The second-order valence-electron chi connectivity index (χ2n) is 9.33. The van der Waals surface area contributed by atoms with E-state index in [2.05, 4.69) is 10.3 Å². The van der Waals surface area contributed by atoms with E-state index in [-0.39, 0.29) is 37.1 Å². The number of halogens is 6. The zero-order valence-corrected chi connectivity index (χ0v) is 22.2. The molecule has 0 aliphatic heterocycles. The van der Waals surface area contributed by atoms with Gasteiger partial charge >= 0.3 is 18.4 Å². The summed E-state index contributed by atoms with van der Waals surface area (Å²) < 4.78 is 86.6. The Balaban J connectivity index is 2.08. The smallest absolute Gasteiger partial charge is 0.383 e. The van der Waals surface area contributed by atoms with E-state index in [1.165, 1.54) is 16.6 Å². The third kappa shape index (κ3) is 7.30. The van der Waals surface area contributed by atoms with E-state index in [1.54, 1.807) is 50.2 Å². The lowest BCUT2D eigenvalue weighted by Crippen LogP contribution is -2.43. The van der Waals surface area contributed by atoms with Crippen LogP contribution in [0.5, 0.6) is 0 Å².